The van der Waals surface area contributed by atoms with Gasteiger partial charge < -0.3 is 1.43 Å². The molecule has 0 atom stereocenters. The molecule has 1 N–H and O–H groups in total. The Morgan fingerprint density at radius 1 is 0.925 bits per heavy atom. The standard InChI is InChI=1S/C31H29FN4O3.K.H/c1-2-3-13-27-26(30(37)36(28(19-32)33-27)20-22-9-5-4-6-10-22)18-21-14-16-23(17-15-21)24-11-7-8-12-25(24)29-34-31(38)39-35-29;;/h4-12,14-17H,2-3,13,18-20H2,1H3,(H,34,35,38);;/q;+1;-1. The minimum atomic E-state index is -0.799. The van der Waals surface area contributed by atoms with E-state index in [1.807, 2.05) is 78.9 Å². The van der Waals surface area contributed by atoms with Crippen molar-refractivity contribution in [1.82, 2.24) is 19.7 Å². The smallest absolute Gasteiger partial charge is 1.00 e. The molecule has 0 bridgehead atoms. The Morgan fingerprint density at radius 2 is 1.62 bits per heavy atom. The number of unbranched alkanes of at least 4 members (excludes halogenated alkanes) is 1. The Morgan fingerprint density at radius 3 is 2.27 bits per heavy atom. The molecule has 0 amide bonds. The van der Waals surface area contributed by atoms with E-state index < -0.39 is 12.4 Å². The van der Waals surface area contributed by atoms with E-state index in [9.17, 15) is 14.0 Å². The van der Waals surface area contributed by atoms with E-state index in [2.05, 4.69) is 26.6 Å². The Balaban J connectivity index is 0.00000231. The van der Waals surface area contributed by atoms with Crippen molar-refractivity contribution in [1.29, 1.82) is 0 Å². The zero-order valence-corrected chi connectivity index (χ0v) is 25.8. The number of benzene rings is 3. The van der Waals surface area contributed by atoms with Crippen LogP contribution in [0.15, 0.2) is 93.0 Å². The second-order valence-corrected chi connectivity index (χ2v) is 9.43. The molecule has 0 aliphatic carbocycles. The summed E-state index contributed by atoms with van der Waals surface area (Å²) in [7, 11) is 0. The Hall–Kier alpha value is -2.95. The van der Waals surface area contributed by atoms with Crippen LogP contribution in [0.2, 0.25) is 0 Å². The molecule has 0 spiro atoms. The molecule has 0 aliphatic heterocycles. The van der Waals surface area contributed by atoms with E-state index in [4.69, 9.17) is 0 Å². The van der Waals surface area contributed by atoms with Crippen LogP contribution in [-0.4, -0.2) is 19.7 Å². The van der Waals surface area contributed by atoms with E-state index in [-0.39, 0.29) is 70.7 Å². The number of halogens is 1. The normalized spacial score (nSPS) is 10.8. The molecule has 5 aromatic rings. The predicted molar refractivity (Wildman–Crippen MR) is 149 cm³/mol. The van der Waals surface area contributed by atoms with Crippen LogP contribution in [0.5, 0.6) is 0 Å². The molecule has 2 heterocycles. The minimum absolute atomic E-state index is 0. The molecule has 40 heavy (non-hydrogen) atoms. The first kappa shape index (κ1) is 30.0. The van der Waals surface area contributed by atoms with E-state index in [1.54, 1.807) is 0 Å². The van der Waals surface area contributed by atoms with E-state index in [1.165, 1.54) is 4.57 Å². The molecule has 3 aromatic carbocycles. The average Bonchev–Trinajstić information content (AvgIpc) is 3.41. The molecule has 5 rings (SSSR count). The first-order chi connectivity index (χ1) is 19.1. The van der Waals surface area contributed by atoms with Gasteiger partial charge in [0, 0.05) is 17.5 Å². The van der Waals surface area contributed by atoms with Gasteiger partial charge in [0.05, 0.1) is 12.2 Å². The van der Waals surface area contributed by atoms with E-state index >= 15 is 0 Å². The number of H-pyrrole nitrogens is 1. The summed E-state index contributed by atoms with van der Waals surface area (Å²) in [6.07, 6.45) is 2.84. The summed E-state index contributed by atoms with van der Waals surface area (Å²) in [5.74, 6) is -0.0888. The molecule has 0 aliphatic rings. The number of alkyl halides is 1. The first-order valence-electron chi connectivity index (χ1n) is 13.0. The van der Waals surface area contributed by atoms with Crippen molar-refractivity contribution in [2.24, 2.45) is 0 Å². The van der Waals surface area contributed by atoms with Crippen LogP contribution in [0.1, 0.15) is 49.4 Å². The molecule has 7 nitrogen and oxygen atoms in total. The molecule has 0 unspecified atom stereocenters. The van der Waals surface area contributed by atoms with Gasteiger partial charge in [0.15, 0.2) is 5.82 Å². The molecule has 2 aromatic heterocycles. The third-order valence-corrected chi connectivity index (χ3v) is 6.77. The van der Waals surface area contributed by atoms with Gasteiger partial charge in [0.2, 0.25) is 0 Å². The summed E-state index contributed by atoms with van der Waals surface area (Å²) in [5.41, 5.74) is 5.49. The molecule has 0 saturated carbocycles. The fourth-order valence-corrected chi connectivity index (χ4v) is 4.74. The molecule has 0 fully saturated rings. The van der Waals surface area contributed by atoms with Gasteiger partial charge in [-0.15, -0.1) is 0 Å². The summed E-state index contributed by atoms with van der Waals surface area (Å²) in [5, 5.41) is 3.83. The summed E-state index contributed by atoms with van der Waals surface area (Å²) in [6, 6.07) is 25.1. The molecular formula is C31H30FKN4O3. The van der Waals surface area contributed by atoms with Crippen LogP contribution in [0, 0.1) is 0 Å². The maximum atomic E-state index is 14.0. The number of aryl methyl sites for hydroxylation is 1. The second kappa shape index (κ2) is 14.1. The Kier molecular flexibility index (Phi) is 10.6. The predicted octanol–water partition coefficient (Wildman–Crippen LogP) is 2.82. The first-order valence-corrected chi connectivity index (χ1v) is 13.0. The number of nitrogens with zero attached hydrogens (tertiary/aromatic N) is 3. The summed E-state index contributed by atoms with van der Waals surface area (Å²) in [4.78, 5) is 32.5. The van der Waals surface area contributed by atoms with Gasteiger partial charge in [-0.2, -0.15) is 0 Å². The van der Waals surface area contributed by atoms with Crippen LogP contribution in [0.4, 0.5) is 4.39 Å². The van der Waals surface area contributed by atoms with Crippen molar-refractivity contribution in [2.75, 3.05) is 0 Å². The third kappa shape index (κ3) is 6.84. The van der Waals surface area contributed by atoms with E-state index in [0.717, 1.165) is 40.7 Å². The number of aromatic amines is 1. The second-order valence-electron chi connectivity index (χ2n) is 9.43. The van der Waals surface area contributed by atoms with E-state index in [0.29, 0.717) is 29.9 Å². The molecule has 0 saturated heterocycles. The number of aromatic nitrogens is 4. The average molecular weight is 565 g/mol. The van der Waals surface area contributed by atoms with Gasteiger partial charge in [-0.25, -0.2) is 14.2 Å². The maximum Gasteiger partial charge on any atom is 1.00 e. The molecule has 200 valence electrons. The number of nitrogens with one attached hydrogen (secondary N) is 1. The van der Waals surface area contributed by atoms with Gasteiger partial charge in [0.1, 0.15) is 12.5 Å². The van der Waals surface area contributed by atoms with Crippen molar-refractivity contribution in [3.05, 3.63) is 128 Å². The van der Waals surface area contributed by atoms with Crippen LogP contribution in [0.25, 0.3) is 22.5 Å². The summed E-state index contributed by atoms with van der Waals surface area (Å²) in [6.45, 7) is 1.55. The largest absolute Gasteiger partial charge is 1.00 e. The topological polar surface area (TPSA) is 93.8 Å². The quantitative estimate of drug-likeness (QED) is 0.264. The monoisotopic (exact) mass is 564 g/mol. The summed E-state index contributed by atoms with van der Waals surface area (Å²) < 4.78 is 20.2. The van der Waals surface area contributed by atoms with Crippen molar-refractivity contribution in [3.63, 3.8) is 0 Å². The SMILES string of the molecule is CCCCc1nc(CF)n(Cc2ccccc2)c(=O)c1Cc1ccc(-c2ccccc2-c2noc(=O)[nH]2)cc1.[H-].[K+]. The summed E-state index contributed by atoms with van der Waals surface area (Å²) >= 11 is 0. The fourth-order valence-electron chi connectivity index (χ4n) is 4.74. The molecule has 0 radical (unpaired) electrons. The van der Waals surface area contributed by atoms with Crippen molar-refractivity contribution in [3.8, 4) is 22.5 Å². The fraction of sp³-hybridized carbons (Fsp3) is 0.226. The zero-order valence-electron chi connectivity index (χ0n) is 23.7. The van der Waals surface area contributed by atoms with Crippen molar-refractivity contribution >= 4 is 0 Å². The van der Waals surface area contributed by atoms with Crippen molar-refractivity contribution < 1.29 is 61.7 Å². The number of hydrogen-bond acceptors (Lipinski definition) is 5. The van der Waals surface area contributed by atoms with Gasteiger partial charge in [-0.05, 0) is 35.1 Å². The third-order valence-electron chi connectivity index (χ3n) is 6.77. The van der Waals surface area contributed by atoms with Crippen LogP contribution < -0.4 is 62.7 Å². The molecular weight excluding hydrogens is 534 g/mol. The Bertz CT molecular complexity index is 1680. The maximum absolute atomic E-state index is 14.0. The van der Waals surface area contributed by atoms with Crippen molar-refractivity contribution in [2.45, 2.75) is 45.8 Å². The van der Waals surface area contributed by atoms with Gasteiger partial charge >= 0.3 is 57.1 Å². The number of rotatable bonds is 10. The molecule has 9 heteroatoms. The van der Waals surface area contributed by atoms with Crippen LogP contribution in [-0.2, 0) is 26.1 Å². The van der Waals surface area contributed by atoms with Gasteiger partial charge in [0.25, 0.3) is 5.56 Å². The van der Waals surface area contributed by atoms with Gasteiger partial charge in [-0.1, -0.05) is 97.4 Å². The number of hydrogen-bond donors (Lipinski definition) is 1. The van der Waals surface area contributed by atoms with Crippen LogP contribution >= 0.6 is 0 Å². The Labute approximate surface area is 275 Å². The minimum Gasteiger partial charge on any atom is -1.00 e. The zero-order chi connectivity index (χ0) is 27.2. The van der Waals surface area contributed by atoms with Gasteiger partial charge in [-0.3, -0.25) is 18.9 Å². The van der Waals surface area contributed by atoms with Crippen LogP contribution in [0.3, 0.4) is 0 Å².